The summed E-state index contributed by atoms with van der Waals surface area (Å²) in [6.07, 6.45) is 0.0541. The second kappa shape index (κ2) is 12.5. The lowest BCUT2D eigenvalue weighted by Crippen LogP contribution is -2.42. The number of nitro benzene ring substituents is 1. The fraction of sp³-hybridized carbons (Fsp3) is 0.107. The fourth-order valence-corrected chi connectivity index (χ4v) is 3.85. The number of ether oxygens (including phenoxy) is 1. The van der Waals surface area contributed by atoms with E-state index in [-0.39, 0.29) is 35.9 Å². The Morgan fingerprint density at radius 3 is 2.13 bits per heavy atom. The number of amides is 1. The first-order valence-corrected chi connectivity index (χ1v) is 11.6. The number of benzene rings is 4. The molecule has 0 aliphatic carbocycles. The first-order chi connectivity index (χ1) is 18.2. The van der Waals surface area contributed by atoms with Crippen LogP contribution in [0.5, 0.6) is 5.75 Å². The van der Waals surface area contributed by atoms with Gasteiger partial charge in [-0.3, -0.25) is 20.3 Å². The maximum Gasteiger partial charge on any atom is 0.326 e. The third kappa shape index (κ3) is 7.30. The van der Waals surface area contributed by atoms with Gasteiger partial charge in [-0.1, -0.05) is 48.5 Å². The van der Waals surface area contributed by atoms with E-state index < -0.39 is 22.8 Å². The molecular formula is C28H25ClN4O6. The molecule has 4 aromatic carbocycles. The van der Waals surface area contributed by atoms with Gasteiger partial charge in [0.15, 0.2) is 0 Å². The molecule has 4 rings (SSSR count). The number of nitro groups is 1. The molecule has 0 aliphatic heterocycles. The van der Waals surface area contributed by atoms with Crippen molar-refractivity contribution in [3.63, 3.8) is 0 Å². The molecular weight excluding hydrogens is 524 g/mol. The summed E-state index contributed by atoms with van der Waals surface area (Å²) < 4.78 is 5.89. The number of fused-ring (bicyclic) bond motifs is 1. The number of nitrogens with two attached hydrogens (primary N) is 1. The van der Waals surface area contributed by atoms with Gasteiger partial charge in [0.25, 0.3) is 11.6 Å². The van der Waals surface area contributed by atoms with E-state index in [2.05, 4.69) is 5.32 Å². The smallest absolute Gasteiger partial charge is 0.326 e. The average molecular weight is 549 g/mol. The number of nitrogens with zero attached hydrogens (tertiary/aromatic N) is 1. The Balaban J connectivity index is 0.00000420. The first-order valence-electron chi connectivity index (χ1n) is 11.6. The van der Waals surface area contributed by atoms with Gasteiger partial charge in [-0.2, -0.15) is 0 Å². The van der Waals surface area contributed by atoms with Gasteiger partial charge in [0.05, 0.1) is 4.92 Å². The van der Waals surface area contributed by atoms with Crippen LogP contribution in [0.3, 0.4) is 0 Å². The topological polar surface area (TPSA) is 169 Å². The summed E-state index contributed by atoms with van der Waals surface area (Å²) in [7, 11) is 0. The quantitative estimate of drug-likeness (QED) is 0.0981. The molecule has 1 atom stereocenters. The van der Waals surface area contributed by atoms with Crippen LogP contribution in [0.2, 0.25) is 0 Å². The lowest BCUT2D eigenvalue weighted by Gasteiger charge is -2.15. The van der Waals surface area contributed by atoms with E-state index in [4.69, 9.17) is 15.9 Å². The molecule has 0 aliphatic rings. The second-order valence-corrected chi connectivity index (χ2v) is 8.61. The number of aliphatic carboxylic acids is 1. The molecule has 1 unspecified atom stereocenters. The highest BCUT2D eigenvalue weighted by Crippen LogP contribution is 2.24. The van der Waals surface area contributed by atoms with Crippen LogP contribution in [0, 0.1) is 15.5 Å². The van der Waals surface area contributed by atoms with Crippen LogP contribution < -0.4 is 15.8 Å². The number of carbonyl (C=O) groups excluding carboxylic acids is 1. The Labute approximate surface area is 229 Å². The summed E-state index contributed by atoms with van der Waals surface area (Å²) in [5.74, 6) is -1.15. The van der Waals surface area contributed by atoms with E-state index in [0.717, 1.165) is 16.3 Å². The Kier molecular flexibility index (Phi) is 9.19. The highest BCUT2D eigenvalue weighted by Gasteiger charge is 2.22. The molecule has 0 radical (unpaired) electrons. The number of carboxylic acid groups (broad SMARTS) is 1. The number of carbonyl (C=O) groups is 2. The standard InChI is InChI=1S/C28H24N4O6.ClH/c29-26(30)19-4-1-17(2-5-19)16-38-24-12-9-21-13-18(3-6-22(21)15-24)14-25(28(34)35)31-27(33)20-7-10-23(11-8-20)32(36)37;/h1-13,15,25H,14,16H2,(H3,29,30)(H,31,33)(H,34,35);1H. The number of nitrogen functional groups attached to an aromatic ring is 1. The molecule has 0 bridgehead atoms. The van der Waals surface area contributed by atoms with Crippen LogP contribution in [-0.2, 0) is 17.8 Å². The number of hydrogen-bond acceptors (Lipinski definition) is 6. The van der Waals surface area contributed by atoms with Crippen molar-refractivity contribution in [2.75, 3.05) is 0 Å². The Bertz CT molecular complexity index is 1520. The summed E-state index contributed by atoms with van der Waals surface area (Å²) in [5.41, 5.74) is 7.73. The molecule has 200 valence electrons. The van der Waals surface area contributed by atoms with Gasteiger partial charge in [-0.05, 0) is 46.2 Å². The summed E-state index contributed by atoms with van der Waals surface area (Å²) >= 11 is 0. The number of halogens is 1. The van der Waals surface area contributed by atoms with Crippen molar-refractivity contribution in [1.29, 1.82) is 5.41 Å². The molecule has 4 aromatic rings. The molecule has 10 nitrogen and oxygen atoms in total. The molecule has 0 saturated heterocycles. The average Bonchev–Trinajstić information content (AvgIpc) is 2.91. The summed E-state index contributed by atoms with van der Waals surface area (Å²) in [5, 5.41) is 32.2. The first kappa shape index (κ1) is 28.6. The summed E-state index contributed by atoms with van der Waals surface area (Å²) in [6.45, 7) is 0.344. The van der Waals surface area contributed by atoms with Gasteiger partial charge < -0.3 is 20.9 Å². The number of hydrogen-bond donors (Lipinski definition) is 4. The van der Waals surface area contributed by atoms with Crippen molar-refractivity contribution < 1.29 is 24.4 Å². The maximum atomic E-state index is 12.5. The monoisotopic (exact) mass is 548 g/mol. The Morgan fingerprint density at radius 2 is 1.51 bits per heavy atom. The summed E-state index contributed by atoms with van der Waals surface area (Å²) in [4.78, 5) is 34.6. The van der Waals surface area contributed by atoms with Crippen molar-refractivity contribution >= 4 is 46.6 Å². The second-order valence-electron chi connectivity index (χ2n) is 8.61. The molecule has 0 fully saturated rings. The number of amidine groups is 1. The number of carboxylic acids is 1. The van der Waals surface area contributed by atoms with Crippen molar-refractivity contribution in [3.05, 3.63) is 117 Å². The van der Waals surface area contributed by atoms with Crippen molar-refractivity contribution in [1.82, 2.24) is 5.32 Å². The zero-order valence-corrected chi connectivity index (χ0v) is 21.3. The number of rotatable bonds is 10. The molecule has 39 heavy (non-hydrogen) atoms. The van der Waals surface area contributed by atoms with E-state index in [1.165, 1.54) is 24.3 Å². The van der Waals surface area contributed by atoms with Gasteiger partial charge in [-0.25, -0.2) is 4.79 Å². The maximum absolute atomic E-state index is 12.5. The van der Waals surface area contributed by atoms with Crippen molar-refractivity contribution in [2.24, 2.45) is 5.73 Å². The van der Waals surface area contributed by atoms with Gasteiger partial charge in [0, 0.05) is 29.7 Å². The van der Waals surface area contributed by atoms with Gasteiger partial charge >= 0.3 is 5.97 Å². The largest absolute Gasteiger partial charge is 0.489 e. The highest BCUT2D eigenvalue weighted by atomic mass is 35.5. The zero-order valence-electron chi connectivity index (χ0n) is 20.5. The third-order valence-electron chi connectivity index (χ3n) is 5.93. The predicted molar refractivity (Wildman–Crippen MR) is 149 cm³/mol. The van der Waals surface area contributed by atoms with E-state index in [9.17, 15) is 24.8 Å². The van der Waals surface area contributed by atoms with Crippen LogP contribution in [0.4, 0.5) is 5.69 Å². The minimum atomic E-state index is -1.19. The summed E-state index contributed by atoms with van der Waals surface area (Å²) in [6, 6.07) is 22.1. The van der Waals surface area contributed by atoms with Gasteiger partial charge in [0.2, 0.25) is 0 Å². The van der Waals surface area contributed by atoms with Gasteiger partial charge in [-0.15, -0.1) is 12.4 Å². The molecule has 0 saturated carbocycles. The molecule has 1 amide bonds. The Hall–Kier alpha value is -4.96. The van der Waals surface area contributed by atoms with E-state index in [0.29, 0.717) is 23.5 Å². The van der Waals surface area contributed by atoms with Gasteiger partial charge in [0.1, 0.15) is 24.2 Å². The fourth-order valence-electron chi connectivity index (χ4n) is 3.85. The van der Waals surface area contributed by atoms with Crippen LogP contribution >= 0.6 is 12.4 Å². The van der Waals surface area contributed by atoms with Crippen molar-refractivity contribution in [3.8, 4) is 5.75 Å². The molecule has 0 heterocycles. The molecule has 11 heteroatoms. The van der Waals surface area contributed by atoms with Crippen LogP contribution in [0.25, 0.3) is 10.8 Å². The lowest BCUT2D eigenvalue weighted by atomic mass is 10.0. The van der Waals surface area contributed by atoms with E-state index in [1.807, 2.05) is 42.5 Å². The lowest BCUT2D eigenvalue weighted by molar-refractivity contribution is -0.384. The van der Waals surface area contributed by atoms with Crippen LogP contribution in [0.1, 0.15) is 27.0 Å². The number of nitrogens with one attached hydrogen (secondary N) is 2. The molecule has 5 N–H and O–H groups in total. The molecule has 0 spiro atoms. The minimum Gasteiger partial charge on any atom is -0.489 e. The Morgan fingerprint density at radius 1 is 0.923 bits per heavy atom. The van der Waals surface area contributed by atoms with E-state index in [1.54, 1.807) is 18.2 Å². The minimum absolute atomic E-state index is 0. The SMILES string of the molecule is Cl.N=C(N)c1ccc(COc2ccc3cc(CC(NC(=O)c4ccc([N+](=O)[O-])cc4)C(=O)O)ccc3c2)cc1. The number of non-ortho nitro benzene ring substituents is 1. The normalized spacial score (nSPS) is 11.2. The van der Waals surface area contributed by atoms with Crippen LogP contribution in [0.15, 0.2) is 84.9 Å². The third-order valence-corrected chi connectivity index (χ3v) is 5.93. The predicted octanol–water partition coefficient (Wildman–Crippen LogP) is 4.46. The highest BCUT2D eigenvalue weighted by molar-refractivity contribution is 5.97. The zero-order chi connectivity index (χ0) is 27.2. The van der Waals surface area contributed by atoms with Crippen molar-refractivity contribution in [2.45, 2.75) is 19.1 Å². The van der Waals surface area contributed by atoms with Crippen LogP contribution in [-0.4, -0.2) is 33.8 Å². The van der Waals surface area contributed by atoms with E-state index >= 15 is 0 Å². The molecule has 0 aromatic heterocycles.